The summed E-state index contributed by atoms with van der Waals surface area (Å²) in [6.45, 7) is 5.81. The molecule has 1 N–H and O–H groups in total. The van der Waals surface area contributed by atoms with Crippen molar-refractivity contribution in [3.63, 3.8) is 0 Å². The third kappa shape index (κ3) is 6.17. The number of methoxy groups -OCH3 is 1. The molecule has 8 nitrogen and oxygen atoms in total. The highest BCUT2D eigenvalue weighted by atomic mass is 32.2. The van der Waals surface area contributed by atoms with E-state index in [1.54, 1.807) is 17.0 Å². The van der Waals surface area contributed by atoms with E-state index >= 15 is 0 Å². The number of ether oxygens (including phenoxy) is 2. The number of rotatable bonds is 10. The molecule has 1 amide bonds. The van der Waals surface area contributed by atoms with Crippen LogP contribution in [0.15, 0.2) is 29.2 Å². The molecule has 27 heavy (non-hydrogen) atoms. The smallest absolute Gasteiger partial charge is 0.243 e. The monoisotopic (exact) mass is 399 g/mol. The van der Waals surface area contributed by atoms with Gasteiger partial charge in [0, 0.05) is 52.8 Å². The van der Waals surface area contributed by atoms with E-state index in [0.717, 1.165) is 13.1 Å². The van der Waals surface area contributed by atoms with Gasteiger partial charge in [-0.1, -0.05) is 0 Å². The molecule has 0 aromatic heterocycles. The van der Waals surface area contributed by atoms with Crippen LogP contribution < -0.4 is 10.1 Å². The summed E-state index contributed by atoms with van der Waals surface area (Å²) >= 11 is 0. The van der Waals surface area contributed by atoms with Crippen LogP contribution >= 0.6 is 0 Å². The lowest BCUT2D eigenvalue weighted by Gasteiger charge is -2.28. The standard InChI is InChI=1S/C18H29N3O5S/c1-3-26-16-4-6-17(7-5-16)27(23,24)21(14-15-25-2)11-8-18(22)20-12-9-19-10-13-20/h4-7,19H,3,8-15H2,1-2H3. The fourth-order valence-electron chi connectivity index (χ4n) is 2.86. The highest BCUT2D eigenvalue weighted by Crippen LogP contribution is 2.20. The van der Waals surface area contributed by atoms with Gasteiger partial charge in [0.05, 0.1) is 18.1 Å². The first-order chi connectivity index (χ1) is 13.0. The van der Waals surface area contributed by atoms with E-state index in [1.807, 2.05) is 6.92 Å². The lowest BCUT2D eigenvalue weighted by molar-refractivity contribution is -0.131. The van der Waals surface area contributed by atoms with Crippen LogP contribution in [0.5, 0.6) is 5.75 Å². The minimum atomic E-state index is -3.72. The Balaban J connectivity index is 2.07. The Labute approximate surface area is 161 Å². The number of carbonyl (C=O) groups is 1. The summed E-state index contributed by atoms with van der Waals surface area (Å²) in [4.78, 5) is 14.3. The first-order valence-electron chi connectivity index (χ1n) is 9.19. The van der Waals surface area contributed by atoms with Gasteiger partial charge in [-0.15, -0.1) is 0 Å². The Bertz CT molecular complexity index is 687. The molecule has 0 atom stereocenters. The van der Waals surface area contributed by atoms with Crippen LogP contribution in [-0.2, 0) is 19.6 Å². The summed E-state index contributed by atoms with van der Waals surface area (Å²) in [5.41, 5.74) is 0. The number of hydrogen-bond donors (Lipinski definition) is 1. The van der Waals surface area contributed by atoms with E-state index in [2.05, 4.69) is 5.32 Å². The zero-order chi connectivity index (χ0) is 19.7. The van der Waals surface area contributed by atoms with Crippen molar-refractivity contribution in [2.24, 2.45) is 0 Å². The first kappa shape index (κ1) is 21.6. The largest absolute Gasteiger partial charge is 0.494 e. The second kappa shape index (κ2) is 10.6. The molecule has 1 aromatic carbocycles. The fraction of sp³-hybridized carbons (Fsp3) is 0.611. The van der Waals surface area contributed by atoms with Gasteiger partial charge in [-0.3, -0.25) is 4.79 Å². The molecule has 2 rings (SSSR count). The molecule has 1 aliphatic heterocycles. The van der Waals surface area contributed by atoms with Gasteiger partial charge in [0.15, 0.2) is 0 Å². The minimum absolute atomic E-state index is 0.0270. The van der Waals surface area contributed by atoms with Gasteiger partial charge in [-0.05, 0) is 31.2 Å². The number of amides is 1. The third-order valence-corrected chi connectivity index (χ3v) is 6.27. The molecule has 152 valence electrons. The number of carbonyl (C=O) groups excluding carboxylic acids is 1. The van der Waals surface area contributed by atoms with E-state index in [0.29, 0.717) is 25.4 Å². The molecule has 1 heterocycles. The highest BCUT2D eigenvalue weighted by molar-refractivity contribution is 7.89. The molecular formula is C18H29N3O5S. The Kier molecular flexibility index (Phi) is 8.49. The average molecular weight is 400 g/mol. The summed E-state index contributed by atoms with van der Waals surface area (Å²) in [6.07, 6.45) is 0.153. The quantitative estimate of drug-likeness (QED) is 0.618. The fourth-order valence-corrected chi connectivity index (χ4v) is 4.29. The number of sulfonamides is 1. The zero-order valence-corrected chi connectivity index (χ0v) is 16.8. The Morgan fingerprint density at radius 3 is 2.44 bits per heavy atom. The molecule has 1 saturated heterocycles. The second-order valence-electron chi connectivity index (χ2n) is 6.18. The lowest BCUT2D eigenvalue weighted by atomic mass is 10.3. The van der Waals surface area contributed by atoms with Crippen LogP contribution in [0.25, 0.3) is 0 Å². The van der Waals surface area contributed by atoms with E-state index in [1.165, 1.54) is 23.5 Å². The van der Waals surface area contributed by atoms with Gasteiger partial charge in [-0.2, -0.15) is 4.31 Å². The van der Waals surface area contributed by atoms with Crippen LogP contribution in [-0.4, -0.2) is 83.1 Å². The van der Waals surface area contributed by atoms with Crippen LogP contribution in [0.1, 0.15) is 13.3 Å². The number of benzene rings is 1. The molecule has 0 saturated carbocycles. The van der Waals surface area contributed by atoms with Gasteiger partial charge in [0.1, 0.15) is 5.75 Å². The maximum absolute atomic E-state index is 13.0. The molecule has 1 aromatic rings. The van der Waals surface area contributed by atoms with Crippen LogP contribution in [0, 0.1) is 0 Å². The Morgan fingerprint density at radius 2 is 1.85 bits per heavy atom. The van der Waals surface area contributed by atoms with Gasteiger partial charge >= 0.3 is 0 Å². The van der Waals surface area contributed by atoms with Gasteiger partial charge in [0.25, 0.3) is 0 Å². The molecule has 0 aliphatic carbocycles. The summed E-state index contributed by atoms with van der Waals surface area (Å²) < 4.78 is 37.7. The maximum atomic E-state index is 13.0. The third-order valence-electron chi connectivity index (χ3n) is 4.36. The van der Waals surface area contributed by atoms with Crippen molar-refractivity contribution in [2.45, 2.75) is 18.2 Å². The van der Waals surface area contributed by atoms with Gasteiger partial charge in [-0.25, -0.2) is 8.42 Å². The SMILES string of the molecule is CCOc1ccc(S(=O)(=O)N(CCOC)CCC(=O)N2CCNCC2)cc1. The van der Waals surface area contributed by atoms with E-state index in [-0.39, 0.29) is 36.9 Å². The highest BCUT2D eigenvalue weighted by Gasteiger charge is 2.26. The minimum Gasteiger partial charge on any atom is -0.494 e. The van der Waals surface area contributed by atoms with Crippen LogP contribution in [0.4, 0.5) is 0 Å². The van der Waals surface area contributed by atoms with E-state index in [4.69, 9.17) is 9.47 Å². The number of nitrogens with one attached hydrogen (secondary N) is 1. The summed E-state index contributed by atoms with van der Waals surface area (Å²) in [5, 5.41) is 3.19. The van der Waals surface area contributed by atoms with Crippen molar-refractivity contribution in [1.29, 1.82) is 0 Å². The topological polar surface area (TPSA) is 88.2 Å². The van der Waals surface area contributed by atoms with Gasteiger partial charge < -0.3 is 19.7 Å². The predicted octanol–water partition coefficient (Wildman–Crippen LogP) is 0.544. The van der Waals surface area contributed by atoms with Crippen molar-refractivity contribution in [3.8, 4) is 5.75 Å². The van der Waals surface area contributed by atoms with Crippen molar-refractivity contribution >= 4 is 15.9 Å². The normalized spacial score (nSPS) is 15.1. The molecule has 0 spiro atoms. The van der Waals surface area contributed by atoms with Gasteiger partial charge in [0.2, 0.25) is 15.9 Å². The zero-order valence-electron chi connectivity index (χ0n) is 16.0. The number of nitrogens with zero attached hydrogens (tertiary/aromatic N) is 2. The number of piperazine rings is 1. The Hall–Kier alpha value is -1.68. The summed E-state index contributed by atoms with van der Waals surface area (Å²) in [5.74, 6) is 0.592. The van der Waals surface area contributed by atoms with Crippen molar-refractivity contribution in [2.75, 3.05) is 59.6 Å². The number of hydrogen-bond acceptors (Lipinski definition) is 6. The predicted molar refractivity (Wildman–Crippen MR) is 102 cm³/mol. The average Bonchev–Trinajstić information content (AvgIpc) is 2.69. The van der Waals surface area contributed by atoms with E-state index in [9.17, 15) is 13.2 Å². The summed E-state index contributed by atoms with van der Waals surface area (Å²) in [7, 11) is -2.20. The molecule has 1 aliphatic rings. The summed E-state index contributed by atoms with van der Waals surface area (Å²) in [6, 6.07) is 6.32. The van der Waals surface area contributed by atoms with Crippen LogP contribution in [0.3, 0.4) is 0 Å². The van der Waals surface area contributed by atoms with Crippen molar-refractivity contribution in [1.82, 2.24) is 14.5 Å². The van der Waals surface area contributed by atoms with Crippen molar-refractivity contribution in [3.05, 3.63) is 24.3 Å². The second-order valence-corrected chi connectivity index (χ2v) is 8.12. The molecule has 0 unspecified atom stereocenters. The molecule has 0 bridgehead atoms. The molecular weight excluding hydrogens is 370 g/mol. The van der Waals surface area contributed by atoms with Crippen molar-refractivity contribution < 1.29 is 22.7 Å². The molecule has 1 fully saturated rings. The Morgan fingerprint density at radius 1 is 1.19 bits per heavy atom. The first-order valence-corrected chi connectivity index (χ1v) is 10.6. The molecule has 9 heteroatoms. The van der Waals surface area contributed by atoms with Crippen LogP contribution in [0.2, 0.25) is 0 Å². The van der Waals surface area contributed by atoms with E-state index < -0.39 is 10.0 Å². The lowest BCUT2D eigenvalue weighted by Crippen LogP contribution is -2.47. The molecule has 0 radical (unpaired) electrons. The maximum Gasteiger partial charge on any atom is 0.243 e.